The number of anilines is 1. The molecule has 2 nitrogen and oxygen atoms in total. The largest absolute Gasteiger partial charge is 0.399 e. The molecular formula is C17H21NO. The second-order valence-corrected chi connectivity index (χ2v) is 4.93. The number of para-hydroxylation sites is 1. The predicted octanol–water partition coefficient (Wildman–Crippen LogP) is 3.64. The fraction of sp³-hybridized carbons (Fsp3) is 0.294. The molecule has 0 aliphatic carbocycles. The van der Waals surface area contributed by atoms with Crippen molar-refractivity contribution in [2.24, 2.45) is 0 Å². The van der Waals surface area contributed by atoms with Crippen molar-refractivity contribution in [3.8, 4) is 0 Å². The first-order valence-electron chi connectivity index (χ1n) is 6.64. The Labute approximate surface area is 115 Å². The first kappa shape index (κ1) is 13.6. The average molecular weight is 255 g/mol. The summed E-state index contributed by atoms with van der Waals surface area (Å²) in [6, 6.07) is 14.4. The van der Waals surface area contributed by atoms with Gasteiger partial charge in [-0.15, -0.1) is 0 Å². The molecule has 0 spiro atoms. The molecule has 0 aliphatic rings. The van der Waals surface area contributed by atoms with E-state index in [9.17, 15) is 0 Å². The fourth-order valence-corrected chi connectivity index (χ4v) is 2.08. The van der Waals surface area contributed by atoms with Crippen molar-refractivity contribution in [3.05, 3.63) is 64.7 Å². The van der Waals surface area contributed by atoms with Crippen LogP contribution in [0.2, 0.25) is 0 Å². The van der Waals surface area contributed by atoms with Crippen LogP contribution in [0.5, 0.6) is 0 Å². The molecule has 0 atom stereocenters. The monoisotopic (exact) mass is 255 g/mol. The maximum atomic E-state index is 5.90. The standard InChI is InChI=1S/C17H21NO/c1-13-7-8-14(2)16(11-13)12-19-10-9-15-5-3-4-6-17(15)18/h3-8,11H,9-10,12,18H2,1-2H3. The van der Waals surface area contributed by atoms with Crippen LogP contribution in [0.4, 0.5) is 5.69 Å². The third-order valence-corrected chi connectivity index (χ3v) is 3.33. The van der Waals surface area contributed by atoms with E-state index in [2.05, 4.69) is 38.1 Å². The summed E-state index contributed by atoms with van der Waals surface area (Å²) in [7, 11) is 0. The van der Waals surface area contributed by atoms with Crippen LogP contribution in [0, 0.1) is 13.8 Å². The van der Waals surface area contributed by atoms with E-state index in [1.54, 1.807) is 0 Å². The molecule has 0 unspecified atom stereocenters. The van der Waals surface area contributed by atoms with Gasteiger partial charge in [0.05, 0.1) is 13.2 Å². The molecule has 2 N–H and O–H groups in total. The number of benzene rings is 2. The van der Waals surface area contributed by atoms with Crippen LogP contribution < -0.4 is 5.73 Å². The Hall–Kier alpha value is -1.80. The van der Waals surface area contributed by atoms with E-state index in [0.717, 1.165) is 17.7 Å². The van der Waals surface area contributed by atoms with E-state index in [0.29, 0.717) is 13.2 Å². The van der Waals surface area contributed by atoms with Gasteiger partial charge >= 0.3 is 0 Å². The minimum absolute atomic E-state index is 0.667. The highest BCUT2D eigenvalue weighted by molar-refractivity contribution is 5.46. The number of hydrogen-bond donors (Lipinski definition) is 1. The third kappa shape index (κ3) is 3.83. The van der Waals surface area contributed by atoms with Crippen molar-refractivity contribution >= 4 is 5.69 Å². The molecule has 0 saturated heterocycles. The minimum atomic E-state index is 0.667. The molecule has 2 aromatic carbocycles. The zero-order valence-corrected chi connectivity index (χ0v) is 11.6. The zero-order valence-electron chi connectivity index (χ0n) is 11.6. The smallest absolute Gasteiger partial charge is 0.0719 e. The topological polar surface area (TPSA) is 35.2 Å². The van der Waals surface area contributed by atoms with Crippen molar-refractivity contribution in [1.82, 2.24) is 0 Å². The molecule has 0 fully saturated rings. The summed E-state index contributed by atoms with van der Waals surface area (Å²) in [6.45, 7) is 5.59. The molecule has 0 heterocycles. The molecular weight excluding hydrogens is 234 g/mol. The van der Waals surface area contributed by atoms with Gasteiger partial charge in [-0.05, 0) is 43.0 Å². The summed E-state index contributed by atoms with van der Waals surface area (Å²) in [4.78, 5) is 0. The van der Waals surface area contributed by atoms with Crippen molar-refractivity contribution < 1.29 is 4.74 Å². The summed E-state index contributed by atoms with van der Waals surface area (Å²) < 4.78 is 5.76. The molecule has 0 aromatic heterocycles. The van der Waals surface area contributed by atoms with E-state index in [-0.39, 0.29) is 0 Å². The van der Waals surface area contributed by atoms with Crippen LogP contribution in [0.15, 0.2) is 42.5 Å². The number of aryl methyl sites for hydroxylation is 2. The van der Waals surface area contributed by atoms with Crippen molar-refractivity contribution in [2.45, 2.75) is 26.9 Å². The third-order valence-electron chi connectivity index (χ3n) is 3.33. The molecule has 100 valence electrons. The summed E-state index contributed by atoms with van der Waals surface area (Å²) in [5.74, 6) is 0. The Bertz CT molecular complexity index is 549. The number of nitrogens with two attached hydrogens (primary N) is 1. The summed E-state index contributed by atoms with van der Waals surface area (Å²) in [6.07, 6.45) is 0.859. The van der Waals surface area contributed by atoms with Gasteiger partial charge in [-0.3, -0.25) is 0 Å². The molecule has 0 bridgehead atoms. The van der Waals surface area contributed by atoms with Crippen molar-refractivity contribution in [2.75, 3.05) is 12.3 Å². The van der Waals surface area contributed by atoms with Gasteiger partial charge in [-0.2, -0.15) is 0 Å². The lowest BCUT2D eigenvalue weighted by Gasteiger charge is -2.09. The average Bonchev–Trinajstić information content (AvgIpc) is 2.40. The highest BCUT2D eigenvalue weighted by atomic mass is 16.5. The second-order valence-electron chi connectivity index (χ2n) is 4.93. The van der Waals surface area contributed by atoms with E-state index >= 15 is 0 Å². The van der Waals surface area contributed by atoms with Gasteiger partial charge in [0, 0.05) is 5.69 Å². The van der Waals surface area contributed by atoms with E-state index in [1.165, 1.54) is 16.7 Å². The lowest BCUT2D eigenvalue weighted by Crippen LogP contribution is -2.02. The van der Waals surface area contributed by atoms with Gasteiger partial charge in [-0.1, -0.05) is 42.0 Å². The molecule has 2 heteroatoms. The van der Waals surface area contributed by atoms with E-state index < -0.39 is 0 Å². The van der Waals surface area contributed by atoms with Crippen LogP contribution in [-0.4, -0.2) is 6.61 Å². The first-order valence-corrected chi connectivity index (χ1v) is 6.64. The van der Waals surface area contributed by atoms with Gasteiger partial charge in [-0.25, -0.2) is 0 Å². The Kier molecular flexibility index (Phi) is 4.58. The quantitative estimate of drug-likeness (QED) is 0.654. The maximum Gasteiger partial charge on any atom is 0.0719 e. The van der Waals surface area contributed by atoms with Crippen LogP contribution in [0.25, 0.3) is 0 Å². The van der Waals surface area contributed by atoms with E-state index in [4.69, 9.17) is 10.5 Å². The molecule has 0 radical (unpaired) electrons. The number of nitrogen functional groups attached to an aromatic ring is 1. The molecule has 2 rings (SSSR count). The van der Waals surface area contributed by atoms with Gasteiger partial charge in [0.15, 0.2) is 0 Å². The van der Waals surface area contributed by atoms with Gasteiger partial charge < -0.3 is 10.5 Å². The van der Waals surface area contributed by atoms with E-state index in [1.807, 2.05) is 18.2 Å². The van der Waals surface area contributed by atoms with Crippen molar-refractivity contribution in [3.63, 3.8) is 0 Å². The molecule has 19 heavy (non-hydrogen) atoms. The number of rotatable bonds is 5. The van der Waals surface area contributed by atoms with Crippen LogP contribution in [-0.2, 0) is 17.8 Å². The molecule has 0 aliphatic heterocycles. The fourth-order valence-electron chi connectivity index (χ4n) is 2.08. The SMILES string of the molecule is Cc1ccc(C)c(COCCc2ccccc2N)c1. The zero-order chi connectivity index (χ0) is 13.7. The highest BCUT2D eigenvalue weighted by Crippen LogP contribution is 2.14. The van der Waals surface area contributed by atoms with Gasteiger partial charge in [0.25, 0.3) is 0 Å². The Balaban J connectivity index is 1.84. The molecule has 0 amide bonds. The summed E-state index contributed by atoms with van der Waals surface area (Å²) in [5.41, 5.74) is 11.7. The molecule has 0 saturated carbocycles. The summed E-state index contributed by atoms with van der Waals surface area (Å²) in [5, 5.41) is 0. The van der Waals surface area contributed by atoms with Crippen LogP contribution >= 0.6 is 0 Å². The normalized spacial score (nSPS) is 10.6. The van der Waals surface area contributed by atoms with Gasteiger partial charge in [0.2, 0.25) is 0 Å². The highest BCUT2D eigenvalue weighted by Gasteiger charge is 2.01. The Morgan fingerprint density at radius 2 is 1.79 bits per heavy atom. The lowest BCUT2D eigenvalue weighted by atomic mass is 10.1. The Morgan fingerprint density at radius 1 is 1.00 bits per heavy atom. The van der Waals surface area contributed by atoms with Crippen molar-refractivity contribution in [1.29, 1.82) is 0 Å². The second kappa shape index (κ2) is 6.39. The Morgan fingerprint density at radius 3 is 2.58 bits per heavy atom. The maximum absolute atomic E-state index is 5.90. The van der Waals surface area contributed by atoms with Crippen LogP contribution in [0.3, 0.4) is 0 Å². The van der Waals surface area contributed by atoms with Crippen LogP contribution in [0.1, 0.15) is 22.3 Å². The molecule has 2 aromatic rings. The lowest BCUT2D eigenvalue weighted by molar-refractivity contribution is 0.123. The predicted molar refractivity (Wildman–Crippen MR) is 80.1 cm³/mol. The first-order chi connectivity index (χ1) is 9.16. The number of ether oxygens (including phenoxy) is 1. The van der Waals surface area contributed by atoms with Gasteiger partial charge in [0.1, 0.15) is 0 Å². The number of hydrogen-bond acceptors (Lipinski definition) is 2. The summed E-state index contributed by atoms with van der Waals surface area (Å²) >= 11 is 0. The minimum Gasteiger partial charge on any atom is -0.399 e.